The van der Waals surface area contributed by atoms with Gasteiger partial charge in [-0.1, -0.05) is 59.6 Å². The lowest BCUT2D eigenvalue weighted by atomic mass is 10.1. The fraction of sp³-hybridized carbons (Fsp3) is 0.364. The van der Waals surface area contributed by atoms with Crippen molar-refractivity contribution >= 4 is 23.4 Å². The number of nitrogens with one attached hydrogen (secondary N) is 1. The van der Waals surface area contributed by atoms with E-state index in [1.807, 2.05) is 62.4 Å². The normalized spacial score (nSPS) is 11.7. The molecule has 0 unspecified atom stereocenters. The van der Waals surface area contributed by atoms with E-state index >= 15 is 0 Å². The molecular weight excluding hydrogens is 360 g/mol. The second-order valence-corrected chi connectivity index (χ2v) is 7.08. The molecule has 5 heteroatoms. The zero-order valence-electron chi connectivity index (χ0n) is 16.2. The number of rotatable bonds is 8. The standard InChI is InChI=1S/C22H27ClN2O2/c1-4-24-22(27)17(3)25(15-18-11-9-16(2)10-12-18)21(26)14-13-19-7-5-6-8-20(19)23/h5-12,17H,4,13-15H2,1-3H3,(H,24,27)/t17-/m0/s1. The Hall–Kier alpha value is -2.33. The summed E-state index contributed by atoms with van der Waals surface area (Å²) in [5, 5.41) is 3.46. The summed E-state index contributed by atoms with van der Waals surface area (Å²) in [7, 11) is 0. The summed E-state index contributed by atoms with van der Waals surface area (Å²) >= 11 is 6.20. The maximum atomic E-state index is 13.0. The number of halogens is 1. The van der Waals surface area contributed by atoms with Crippen LogP contribution in [0.2, 0.25) is 5.02 Å². The highest BCUT2D eigenvalue weighted by molar-refractivity contribution is 6.31. The second kappa shape index (κ2) is 10.1. The van der Waals surface area contributed by atoms with E-state index < -0.39 is 6.04 Å². The molecule has 2 aromatic carbocycles. The minimum absolute atomic E-state index is 0.0609. The van der Waals surface area contributed by atoms with Gasteiger partial charge in [0.1, 0.15) is 6.04 Å². The Labute approximate surface area is 166 Å². The topological polar surface area (TPSA) is 49.4 Å². The molecule has 2 rings (SSSR count). The van der Waals surface area contributed by atoms with E-state index in [1.54, 1.807) is 11.8 Å². The number of carbonyl (C=O) groups excluding carboxylic acids is 2. The average molecular weight is 387 g/mol. The summed E-state index contributed by atoms with van der Waals surface area (Å²) in [5.74, 6) is -0.204. The van der Waals surface area contributed by atoms with Crippen molar-refractivity contribution in [3.05, 3.63) is 70.2 Å². The van der Waals surface area contributed by atoms with Gasteiger partial charge in [-0.3, -0.25) is 9.59 Å². The number of carbonyl (C=O) groups is 2. The minimum Gasteiger partial charge on any atom is -0.355 e. The van der Waals surface area contributed by atoms with Crippen LogP contribution in [0.1, 0.15) is 37.0 Å². The molecule has 0 bridgehead atoms. The van der Waals surface area contributed by atoms with Crippen LogP contribution in [0.5, 0.6) is 0 Å². The van der Waals surface area contributed by atoms with Gasteiger partial charge in [0.15, 0.2) is 0 Å². The third-order valence-corrected chi connectivity index (χ3v) is 4.93. The van der Waals surface area contributed by atoms with Crippen LogP contribution in [0.15, 0.2) is 48.5 Å². The van der Waals surface area contributed by atoms with Crippen LogP contribution in [-0.2, 0) is 22.6 Å². The highest BCUT2D eigenvalue weighted by Crippen LogP contribution is 2.18. The predicted molar refractivity (Wildman–Crippen MR) is 110 cm³/mol. The zero-order chi connectivity index (χ0) is 19.8. The van der Waals surface area contributed by atoms with Crippen LogP contribution in [0, 0.1) is 6.92 Å². The number of aryl methyl sites for hydroxylation is 2. The van der Waals surface area contributed by atoms with Gasteiger partial charge in [-0.2, -0.15) is 0 Å². The van der Waals surface area contributed by atoms with Crippen LogP contribution in [0.3, 0.4) is 0 Å². The first-order chi connectivity index (χ1) is 12.9. The van der Waals surface area contributed by atoms with Crippen LogP contribution >= 0.6 is 11.6 Å². The number of likely N-dealkylation sites (N-methyl/N-ethyl adjacent to an activating group) is 1. The molecular formula is C22H27ClN2O2. The Morgan fingerprint density at radius 3 is 2.41 bits per heavy atom. The van der Waals surface area contributed by atoms with Crippen LogP contribution in [-0.4, -0.2) is 29.3 Å². The van der Waals surface area contributed by atoms with Crippen molar-refractivity contribution in [2.24, 2.45) is 0 Å². The lowest BCUT2D eigenvalue weighted by Gasteiger charge is -2.29. The third kappa shape index (κ3) is 6.10. The number of nitrogens with zero attached hydrogens (tertiary/aromatic N) is 1. The molecule has 1 atom stereocenters. The molecule has 0 heterocycles. The van der Waals surface area contributed by atoms with E-state index in [4.69, 9.17) is 11.6 Å². The molecule has 0 aliphatic heterocycles. The van der Waals surface area contributed by atoms with Crippen molar-refractivity contribution in [3.8, 4) is 0 Å². The van der Waals surface area contributed by atoms with Crippen LogP contribution in [0.4, 0.5) is 0 Å². The van der Waals surface area contributed by atoms with E-state index in [0.29, 0.717) is 31.0 Å². The van der Waals surface area contributed by atoms with Gasteiger partial charge in [0, 0.05) is 24.5 Å². The molecule has 2 amide bonds. The van der Waals surface area contributed by atoms with Gasteiger partial charge >= 0.3 is 0 Å². The van der Waals surface area contributed by atoms with Crippen LogP contribution < -0.4 is 5.32 Å². The quantitative estimate of drug-likeness (QED) is 0.741. The molecule has 0 saturated carbocycles. The number of hydrogen-bond acceptors (Lipinski definition) is 2. The lowest BCUT2D eigenvalue weighted by Crippen LogP contribution is -2.47. The SMILES string of the molecule is CCNC(=O)[C@H](C)N(Cc1ccc(C)cc1)C(=O)CCc1ccccc1Cl. The minimum atomic E-state index is -0.537. The number of benzene rings is 2. The van der Waals surface area contributed by atoms with Crippen molar-refractivity contribution in [1.29, 1.82) is 0 Å². The molecule has 4 nitrogen and oxygen atoms in total. The monoisotopic (exact) mass is 386 g/mol. The van der Waals surface area contributed by atoms with E-state index in [-0.39, 0.29) is 11.8 Å². The molecule has 0 fully saturated rings. The molecule has 0 aliphatic carbocycles. The van der Waals surface area contributed by atoms with Crippen molar-refractivity contribution in [1.82, 2.24) is 10.2 Å². The summed E-state index contributed by atoms with van der Waals surface area (Å²) in [4.78, 5) is 26.9. The zero-order valence-corrected chi connectivity index (χ0v) is 16.9. The van der Waals surface area contributed by atoms with E-state index in [1.165, 1.54) is 0 Å². The van der Waals surface area contributed by atoms with Crippen LogP contribution in [0.25, 0.3) is 0 Å². The maximum Gasteiger partial charge on any atom is 0.242 e. The molecule has 0 aromatic heterocycles. The molecule has 0 radical (unpaired) electrons. The van der Waals surface area contributed by atoms with E-state index in [0.717, 1.165) is 16.7 Å². The maximum absolute atomic E-state index is 13.0. The summed E-state index contributed by atoms with van der Waals surface area (Å²) < 4.78 is 0. The average Bonchev–Trinajstić information content (AvgIpc) is 2.66. The first kappa shape index (κ1) is 21.0. The molecule has 0 aliphatic rings. The molecule has 27 heavy (non-hydrogen) atoms. The molecule has 1 N–H and O–H groups in total. The highest BCUT2D eigenvalue weighted by atomic mass is 35.5. The lowest BCUT2D eigenvalue weighted by molar-refractivity contribution is -0.140. The Kier molecular flexibility index (Phi) is 7.86. The molecule has 144 valence electrons. The first-order valence-electron chi connectivity index (χ1n) is 9.28. The summed E-state index contributed by atoms with van der Waals surface area (Å²) in [5.41, 5.74) is 3.10. The van der Waals surface area contributed by atoms with Gasteiger partial charge in [0.05, 0.1) is 0 Å². The van der Waals surface area contributed by atoms with E-state index in [9.17, 15) is 9.59 Å². The van der Waals surface area contributed by atoms with Gasteiger partial charge in [-0.25, -0.2) is 0 Å². The smallest absolute Gasteiger partial charge is 0.242 e. The van der Waals surface area contributed by atoms with Crippen molar-refractivity contribution in [2.45, 2.75) is 46.2 Å². The van der Waals surface area contributed by atoms with Gasteiger partial charge in [0.25, 0.3) is 0 Å². The van der Waals surface area contributed by atoms with Gasteiger partial charge in [-0.15, -0.1) is 0 Å². The third-order valence-electron chi connectivity index (χ3n) is 4.56. The van der Waals surface area contributed by atoms with Crippen molar-refractivity contribution in [3.63, 3.8) is 0 Å². The highest BCUT2D eigenvalue weighted by Gasteiger charge is 2.25. The predicted octanol–water partition coefficient (Wildman–Crippen LogP) is 4.13. The fourth-order valence-electron chi connectivity index (χ4n) is 2.88. The van der Waals surface area contributed by atoms with Crippen molar-refractivity contribution in [2.75, 3.05) is 6.54 Å². The Morgan fingerprint density at radius 2 is 1.78 bits per heavy atom. The summed E-state index contributed by atoms with van der Waals surface area (Å²) in [6, 6.07) is 15.0. The summed E-state index contributed by atoms with van der Waals surface area (Å²) in [6.07, 6.45) is 0.852. The van der Waals surface area contributed by atoms with Gasteiger partial charge < -0.3 is 10.2 Å². The second-order valence-electron chi connectivity index (χ2n) is 6.67. The molecule has 2 aromatic rings. The first-order valence-corrected chi connectivity index (χ1v) is 9.66. The van der Waals surface area contributed by atoms with Gasteiger partial charge in [0.2, 0.25) is 11.8 Å². The van der Waals surface area contributed by atoms with Crippen molar-refractivity contribution < 1.29 is 9.59 Å². The van der Waals surface area contributed by atoms with E-state index in [2.05, 4.69) is 5.32 Å². The molecule has 0 saturated heterocycles. The summed E-state index contributed by atoms with van der Waals surface area (Å²) in [6.45, 7) is 6.60. The molecule has 0 spiro atoms. The Morgan fingerprint density at radius 1 is 1.11 bits per heavy atom. The largest absolute Gasteiger partial charge is 0.355 e. The Bertz CT molecular complexity index is 774. The number of hydrogen-bond donors (Lipinski definition) is 1. The van der Waals surface area contributed by atoms with Gasteiger partial charge in [-0.05, 0) is 44.4 Å². The number of amides is 2. The Balaban J connectivity index is 2.14. The fourth-order valence-corrected chi connectivity index (χ4v) is 3.11.